The van der Waals surface area contributed by atoms with Gasteiger partial charge in [-0.05, 0) is 22.9 Å². The molecule has 0 heterocycles. The van der Waals surface area contributed by atoms with Crippen molar-refractivity contribution in [2.45, 2.75) is 0 Å². The predicted octanol–water partition coefficient (Wildman–Crippen LogP) is 4.22. The van der Waals surface area contributed by atoms with Crippen molar-refractivity contribution in [2.75, 3.05) is 7.11 Å². The number of ether oxygens (including phenoxy) is 1. The Labute approximate surface area is 97.5 Å². The standard InChI is InChI=1S/C13H11BrO/c1-9(15-2)10-7-8-13(14)12-6-4-3-5-11(10)12/h3-8H,1H2,2H3. The van der Waals surface area contributed by atoms with E-state index in [1.165, 1.54) is 5.39 Å². The van der Waals surface area contributed by atoms with E-state index in [-0.39, 0.29) is 0 Å². The van der Waals surface area contributed by atoms with Crippen LogP contribution in [0.25, 0.3) is 16.5 Å². The second kappa shape index (κ2) is 4.07. The van der Waals surface area contributed by atoms with E-state index in [0.717, 1.165) is 15.4 Å². The van der Waals surface area contributed by atoms with Crippen molar-refractivity contribution >= 4 is 32.5 Å². The molecule has 0 N–H and O–H groups in total. The van der Waals surface area contributed by atoms with E-state index in [1.54, 1.807) is 7.11 Å². The van der Waals surface area contributed by atoms with Crippen LogP contribution >= 0.6 is 15.9 Å². The smallest absolute Gasteiger partial charge is 0.119 e. The molecule has 0 saturated heterocycles. The fraction of sp³-hybridized carbons (Fsp3) is 0.0769. The molecule has 0 atom stereocenters. The highest BCUT2D eigenvalue weighted by molar-refractivity contribution is 9.10. The highest BCUT2D eigenvalue weighted by Gasteiger charge is 2.06. The molecule has 2 rings (SSSR count). The maximum atomic E-state index is 5.17. The van der Waals surface area contributed by atoms with Crippen molar-refractivity contribution in [2.24, 2.45) is 0 Å². The second-order valence-corrected chi connectivity index (χ2v) is 4.12. The Bertz CT molecular complexity index is 517. The molecule has 0 saturated carbocycles. The molecule has 0 aromatic heterocycles. The minimum atomic E-state index is 0.693. The Hall–Kier alpha value is -1.28. The fourth-order valence-corrected chi connectivity index (χ4v) is 2.09. The van der Waals surface area contributed by atoms with Gasteiger partial charge in [0, 0.05) is 10.0 Å². The molecule has 0 aliphatic carbocycles. The molecule has 0 radical (unpaired) electrons. The minimum Gasteiger partial charge on any atom is -0.497 e. The summed E-state index contributed by atoms with van der Waals surface area (Å²) in [6, 6.07) is 12.2. The van der Waals surface area contributed by atoms with Gasteiger partial charge >= 0.3 is 0 Å². The van der Waals surface area contributed by atoms with Gasteiger partial charge in [-0.15, -0.1) is 0 Å². The molecule has 2 aromatic carbocycles. The quantitative estimate of drug-likeness (QED) is 0.737. The second-order valence-electron chi connectivity index (χ2n) is 3.27. The van der Waals surface area contributed by atoms with Gasteiger partial charge in [-0.2, -0.15) is 0 Å². The molecule has 0 aliphatic rings. The zero-order valence-electron chi connectivity index (χ0n) is 8.46. The summed E-state index contributed by atoms with van der Waals surface area (Å²) in [6.45, 7) is 3.89. The first kappa shape index (κ1) is 10.2. The van der Waals surface area contributed by atoms with Crippen molar-refractivity contribution in [1.29, 1.82) is 0 Å². The molecule has 76 valence electrons. The number of benzene rings is 2. The molecule has 0 spiro atoms. The Kier molecular flexibility index (Phi) is 2.78. The van der Waals surface area contributed by atoms with Crippen LogP contribution in [0.5, 0.6) is 0 Å². The lowest BCUT2D eigenvalue weighted by molar-refractivity contribution is 0.372. The average Bonchev–Trinajstić information content (AvgIpc) is 2.29. The summed E-state index contributed by atoms with van der Waals surface area (Å²) in [5, 5.41) is 2.33. The van der Waals surface area contributed by atoms with Gasteiger partial charge in [0.1, 0.15) is 5.76 Å². The number of hydrogen-bond donors (Lipinski definition) is 0. The number of rotatable bonds is 2. The van der Waals surface area contributed by atoms with E-state index < -0.39 is 0 Å². The molecule has 0 amide bonds. The summed E-state index contributed by atoms with van der Waals surface area (Å²) in [4.78, 5) is 0. The maximum Gasteiger partial charge on any atom is 0.119 e. The number of hydrogen-bond acceptors (Lipinski definition) is 1. The van der Waals surface area contributed by atoms with Crippen LogP contribution in [0, 0.1) is 0 Å². The van der Waals surface area contributed by atoms with Crippen LogP contribution < -0.4 is 0 Å². The molecule has 1 nitrogen and oxygen atoms in total. The Balaban J connectivity index is 2.77. The lowest BCUT2D eigenvalue weighted by Gasteiger charge is -2.09. The van der Waals surface area contributed by atoms with Crippen LogP contribution in [-0.2, 0) is 4.74 Å². The summed E-state index contributed by atoms with van der Waals surface area (Å²) in [5.41, 5.74) is 1.04. The van der Waals surface area contributed by atoms with Gasteiger partial charge in [0.15, 0.2) is 0 Å². The average molecular weight is 263 g/mol. The zero-order valence-corrected chi connectivity index (χ0v) is 10.0. The molecule has 2 heteroatoms. The van der Waals surface area contributed by atoms with Gasteiger partial charge in [0.25, 0.3) is 0 Å². The third-order valence-corrected chi connectivity index (χ3v) is 3.11. The topological polar surface area (TPSA) is 9.23 Å². The summed E-state index contributed by atoms with van der Waals surface area (Å²) < 4.78 is 6.26. The Morgan fingerprint density at radius 3 is 2.47 bits per heavy atom. The van der Waals surface area contributed by atoms with Crippen LogP contribution in [0.4, 0.5) is 0 Å². The van der Waals surface area contributed by atoms with Crippen molar-refractivity contribution in [1.82, 2.24) is 0 Å². The lowest BCUT2D eigenvalue weighted by atomic mass is 10.0. The van der Waals surface area contributed by atoms with E-state index in [4.69, 9.17) is 4.74 Å². The summed E-state index contributed by atoms with van der Waals surface area (Å²) in [6.07, 6.45) is 0. The Morgan fingerprint density at radius 2 is 1.80 bits per heavy atom. The zero-order chi connectivity index (χ0) is 10.8. The molecular formula is C13H11BrO. The molecule has 0 aliphatic heterocycles. The molecule has 15 heavy (non-hydrogen) atoms. The molecule has 0 fully saturated rings. The van der Waals surface area contributed by atoms with Gasteiger partial charge in [-0.3, -0.25) is 0 Å². The lowest BCUT2D eigenvalue weighted by Crippen LogP contribution is -1.88. The van der Waals surface area contributed by atoms with E-state index in [0.29, 0.717) is 5.76 Å². The normalized spacial score (nSPS) is 10.3. The first-order valence-corrected chi connectivity index (χ1v) is 5.44. The largest absolute Gasteiger partial charge is 0.497 e. The van der Waals surface area contributed by atoms with Crippen LogP contribution in [0.3, 0.4) is 0 Å². The van der Waals surface area contributed by atoms with Gasteiger partial charge in [0.05, 0.1) is 7.11 Å². The maximum absolute atomic E-state index is 5.17. The molecule has 2 aromatic rings. The minimum absolute atomic E-state index is 0.693. The highest BCUT2D eigenvalue weighted by Crippen LogP contribution is 2.30. The molecular weight excluding hydrogens is 252 g/mol. The first-order valence-electron chi connectivity index (χ1n) is 4.64. The third kappa shape index (κ3) is 1.77. The Morgan fingerprint density at radius 1 is 1.13 bits per heavy atom. The summed E-state index contributed by atoms with van der Waals surface area (Å²) >= 11 is 3.53. The number of halogens is 1. The SMILES string of the molecule is C=C(OC)c1ccc(Br)c2ccccc12. The van der Waals surface area contributed by atoms with Crippen LogP contribution in [0.2, 0.25) is 0 Å². The van der Waals surface area contributed by atoms with E-state index in [9.17, 15) is 0 Å². The summed E-state index contributed by atoms with van der Waals surface area (Å²) in [7, 11) is 1.64. The predicted molar refractivity (Wildman–Crippen MR) is 67.7 cm³/mol. The van der Waals surface area contributed by atoms with Gasteiger partial charge in [0.2, 0.25) is 0 Å². The van der Waals surface area contributed by atoms with Crippen molar-refractivity contribution in [3.63, 3.8) is 0 Å². The number of fused-ring (bicyclic) bond motifs is 1. The van der Waals surface area contributed by atoms with Gasteiger partial charge in [-0.1, -0.05) is 46.8 Å². The van der Waals surface area contributed by atoms with E-state index in [2.05, 4.69) is 34.6 Å². The van der Waals surface area contributed by atoms with Crippen molar-refractivity contribution < 1.29 is 4.74 Å². The van der Waals surface area contributed by atoms with Crippen molar-refractivity contribution in [3.8, 4) is 0 Å². The van der Waals surface area contributed by atoms with E-state index in [1.807, 2.05) is 24.3 Å². The highest BCUT2D eigenvalue weighted by atomic mass is 79.9. The molecule has 0 unspecified atom stereocenters. The number of methoxy groups -OCH3 is 1. The van der Waals surface area contributed by atoms with Gasteiger partial charge < -0.3 is 4.74 Å². The van der Waals surface area contributed by atoms with Crippen LogP contribution in [0.15, 0.2) is 47.4 Å². The fourth-order valence-electron chi connectivity index (χ4n) is 1.62. The van der Waals surface area contributed by atoms with Crippen LogP contribution in [0.1, 0.15) is 5.56 Å². The third-order valence-electron chi connectivity index (χ3n) is 2.42. The van der Waals surface area contributed by atoms with Crippen LogP contribution in [-0.4, -0.2) is 7.11 Å². The molecule has 0 bridgehead atoms. The van der Waals surface area contributed by atoms with E-state index >= 15 is 0 Å². The summed E-state index contributed by atoms with van der Waals surface area (Å²) in [5.74, 6) is 0.693. The first-order chi connectivity index (χ1) is 7.24. The monoisotopic (exact) mass is 262 g/mol. The van der Waals surface area contributed by atoms with Crippen molar-refractivity contribution in [3.05, 3.63) is 53.0 Å². The van der Waals surface area contributed by atoms with Gasteiger partial charge in [-0.25, -0.2) is 0 Å².